The van der Waals surface area contributed by atoms with E-state index in [0.29, 0.717) is 24.2 Å². The SMILES string of the molecule is CCC(CC)(CO)Nc1ccc(N)cc1C(F)F. The van der Waals surface area contributed by atoms with Crippen LogP contribution in [0, 0.1) is 0 Å². The molecule has 0 saturated heterocycles. The van der Waals surface area contributed by atoms with Crippen LogP contribution in [0.2, 0.25) is 0 Å². The lowest BCUT2D eigenvalue weighted by Gasteiger charge is -2.33. The van der Waals surface area contributed by atoms with Gasteiger partial charge >= 0.3 is 0 Å². The van der Waals surface area contributed by atoms with Gasteiger partial charge in [-0.3, -0.25) is 0 Å². The number of hydrogen-bond donors (Lipinski definition) is 3. The average Bonchev–Trinajstić information content (AvgIpc) is 2.37. The van der Waals surface area contributed by atoms with Gasteiger partial charge in [-0.2, -0.15) is 0 Å². The van der Waals surface area contributed by atoms with Gasteiger partial charge in [0.05, 0.1) is 12.1 Å². The first kappa shape index (κ1) is 14.7. The molecule has 3 nitrogen and oxygen atoms in total. The third kappa shape index (κ3) is 3.10. The van der Waals surface area contributed by atoms with Gasteiger partial charge in [-0.05, 0) is 31.0 Å². The van der Waals surface area contributed by atoms with E-state index in [-0.39, 0.29) is 12.2 Å². The second-order valence-corrected chi connectivity index (χ2v) is 4.42. The Hall–Kier alpha value is -1.36. The van der Waals surface area contributed by atoms with Crippen molar-refractivity contribution in [2.24, 2.45) is 0 Å². The largest absolute Gasteiger partial charge is 0.399 e. The number of rotatable bonds is 6. The number of nitrogens with two attached hydrogens (primary N) is 1. The van der Waals surface area contributed by atoms with Crippen molar-refractivity contribution in [1.82, 2.24) is 0 Å². The van der Waals surface area contributed by atoms with E-state index < -0.39 is 12.0 Å². The summed E-state index contributed by atoms with van der Waals surface area (Å²) in [5.41, 5.74) is 5.45. The Bertz CT molecular complexity index is 384. The lowest BCUT2D eigenvalue weighted by Crippen LogP contribution is -2.41. The predicted octanol–water partition coefficient (Wildman–Crippen LogP) is 3.17. The zero-order valence-corrected chi connectivity index (χ0v) is 10.7. The smallest absolute Gasteiger partial charge is 0.265 e. The Morgan fingerprint density at radius 3 is 2.39 bits per heavy atom. The molecule has 102 valence electrons. The number of halogens is 2. The summed E-state index contributed by atoms with van der Waals surface area (Å²) in [4.78, 5) is 0. The summed E-state index contributed by atoms with van der Waals surface area (Å²) in [7, 11) is 0. The van der Waals surface area contributed by atoms with Crippen LogP contribution in [0.3, 0.4) is 0 Å². The zero-order valence-electron chi connectivity index (χ0n) is 10.7. The standard InChI is InChI=1S/C13H20F2N2O/c1-3-13(4-2,8-18)17-11-6-5-9(16)7-10(11)12(14)15/h5-7,12,17-18H,3-4,8,16H2,1-2H3. The van der Waals surface area contributed by atoms with E-state index >= 15 is 0 Å². The van der Waals surface area contributed by atoms with Crippen molar-refractivity contribution >= 4 is 11.4 Å². The number of nitrogens with one attached hydrogen (secondary N) is 1. The summed E-state index contributed by atoms with van der Waals surface area (Å²) in [6.45, 7) is 3.71. The van der Waals surface area contributed by atoms with Gasteiger partial charge in [-0.15, -0.1) is 0 Å². The van der Waals surface area contributed by atoms with Gasteiger partial charge in [0.1, 0.15) is 0 Å². The number of alkyl halides is 2. The summed E-state index contributed by atoms with van der Waals surface area (Å²) in [6, 6.07) is 4.37. The molecule has 0 fully saturated rings. The first-order valence-electron chi connectivity index (χ1n) is 6.04. The van der Waals surface area contributed by atoms with Crippen LogP contribution >= 0.6 is 0 Å². The first-order valence-corrected chi connectivity index (χ1v) is 6.04. The van der Waals surface area contributed by atoms with Crippen LogP contribution in [0.5, 0.6) is 0 Å². The predicted molar refractivity (Wildman–Crippen MR) is 69.8 cm³/mol. The summed E-state index contributed by atoms with van der Waals surface area (Å²) in [6.07, 6.45) is -1.30. The molecular formula is C13H20F2N2O. The average molecular weight is 258 g/mol. The molecule has 0 spiro atoms. The highest BCUT2D eigenvalue weighted by atomic mass is 19.3. The van der Waals surface area contributed by atoms with E-state index in [0.717, 1.165) is 0 Å². The first-order chi connectivity index (χ1) is 8.48. The molecular weight excluding hydrogens is 238 g/mol. The molecule has 0 saturated carbocycles. The van der Waals surface area contributed by atoms with E-state index in [1.54, 1.807) is 6.07 Å². The Morgan fingerprint density at radius 1 is 1.33 bits per heavy atom. The Morgan fingerprint density at radius 2 is 1.94 bits per heavy atom. The highest BCUT2D eigenvalue weighted by molar-refractivity contribution is 5.59. The molecule has 1 aromatic carbocycles. The minimum Gasteiger partial charge on any atom is -0.399 e. The molecule has 0 aliphatic carbocycles. The highest BCUT2D eigenvalue weighted by Crippen LogP contribution is 2.32. The lowest BCUT2D eigenvalue weighted by atomic mass is 9.93. The van der Waals surface area contributed by atoms with Gasteiger partial charge < -0.3 is 16.2 Å². The third-order valence-electron chi connectivity index (χ3n) is 3.37. The molecule has 5 heteroatoms. The van der Waals surface area contributed by atoms with Gasteiger partial charge in [-0.1, -0.05) is 13.8 Å². The fourth-order valence-electron chi connectivity index (χ4n) is 1.85. The quantitative estimate of drug-likeness (QED) is 0.687. The Kier molecular flexibility index (Phi) is 4.90. The summed E-state index contributed by atoms with van der Waals surface area (Å²) >= 11 is 0. The van der Waals surface area contributed by atoms with Crippen LogP contribution in [-0.2, 0) is 0 Å². The van der Waals surface area contributed by atoms with Crippen molar-refractivity contribution in [2.75, 3.05) is 17.7 Å². The van der Waals surface area contributed by atoms with Crippen molar-refractivity contribution in [3.63, 3.8) is 0 Å². The number of benzene rings is 1. The number of nitrogen functional groups attached to an aromatic ring is 1. The second-order valence-electron chi connectivity index (χ2n) is 4.42. The van der Waals surface area contributed by atoms with Crippen LogP contribution < -0.4 is 11.1 Å². The molecule has 0 aromatic heterocycles. The minimum atomic E-state index is -2.60. The monoisotopic (exact) mass is 258 g/mol. The molecule has 0 aliphatic heterocycles. The molecule has 1 rings (SSSR count). The van der Waals surface area contributed by atoms with E-state index in [2.05, 4.69) is 5.32 Å². The van der Waals surface area contributed by atoms with Gasteiger partial charge in [0.25, 0.3) is 6.43 Å². The summed E-state index contributed by atoms with van der Waals surface area (Å²) in [5, 5.41) is 12.5. The summed E-state index contributed by atoms with van der Waals surface area (Å²) in [5.74, 6) is 0. The van der Waals surface area contributed by atoms with Crippen molar-refractivity contribution in [3.8, 4) is 0 Å². The normalized spacial score (nSPS) is 11.9. The van der Waals surface area contributed by atoms with Gasteiger partial charge in [0.15, 0.2) is 0 Å². The molecule has 0 heterocycles. The van der Waals surface area contributed by atoms with Crippen LogP contribution in [-0.4, -0.2) is 17.3 Å². The van der Waals surface area contributed by atoms with Crippen molar-refractivity contribution in [1.29, 1.82) is 0 Å². The topological polar surface area (TPSA) is 58.3 Å². The van der Waals surface area contributed by atoms with Crippen LogP contribution in [0.25, 0.3) is 0 Å². The third-order valence-corrected chi connectivity index (χ3v) is 3.37. The highest BCUT2D eigenvalue weighted by Gasteiger charge is 2.26. The molecule has 0 radical (unpaired) electrons. The number of hydrogen-bond acceptors (Lipinski definition) is 3. The molecule has 1 aromatic rings. The Balaban J connectivity index is 3.09. The van der Waals surface area contributed by atoms with E-state index in [1.807, 2.05) is 13.8 Å². The van der Waals surface area contributed by atoms with Crippen molar-refractivity contribution in [3.05, 3.63) is 23.8 Å². The van der Waals surface area contributed by atoms with Crippen LogP contribution in [0.4, 0.5) is 20.2 Å². The second kappa shape index (κ2) is 6.00. The zero-order chi connectivity index (χ0) is 13.8. The van der Waals surface area contributed by atoms with Crippen molar-refractivity contribution in [2.45, 2.75) is 38.7 Å². The van der Waals surface area contributed by atoms with E-state index in [1.165, 1.54) is 12.1 Å². The molecule has 0 bridgehead atoms. The van der Waals surface area contributed by atoms with E-state index in [4.69, 9.17) is 5.73 Å². The maximum Gasteiger partial charge on any atom is 0.265 e. The van der Waals surface area contributed by atoms with Gasteiger partial charge in [0.2, 0.25) is 0 Å². The lowest BCUT2D eigenvalue weighted by molar-refractivity contribution is 0.151. The van der Waals surface area contributed by atoms with Crippen LogP contribution in [0.15, 0.2) is 18.2 Å². The van der Waals surface area contributed by atoms with Crippen molar-refractivity contribution < 1.29 is 13.9 Å². The number of aliphatic hydroxyl groups is 1. The maximum absolute atomic E-state index is 12.9. The minimum absolute atomic E-state index is 0.104. The Labute approximate surface area is 106 Å². The maximum atomic E-state index is 12.9. The molecule has 0 amide bonds. The van der Waals surface area contributed by atoms with Gasteiger partial charge in [-0.25, -0.2) is 8.78 Å². The fourth-order valence-corrected chi connectivity index (χ4v) is 1.85. The molecule has 0 atom stereocenters. The van der Waals surface area contributed by atoms with Crippen LogP contribution in [0.1, 0.15) is 38.7 Å². The number of aliphatic hydroxyl groups excluding tert-OH is 1. The molecule has 4 N–H and O–H groups in total. The molecule has 0 unspecified atom stereocenters. The number of anilines is 2. The molecule has 0 aliphatic rings. The molecule has 18 heavy (non-hydrogen) atoms. The summed E-state index contributed by atoms with van der Waals surface area (Å²) < 4.78 is 25.9. The van der Waals surface area contributed by atoms with E-state index in [9.17, 15) is 13.9 Å². The van der Waals surface area contributed by atoms with Gasteiger partial charge in [0, 0.05) is 16.9 Å². The fraction of sp³-hybridized carbons (Fsp3) is 0.538.